The number of hydrogen-bond donors (Lipinski definition) is 3. The first-order chi connectivity index (χ1) is 20.5. The van der Waals surface area contributed by atoms with Crippen molar-refractivity contribution in [3.05, 3.63) is 105 Å². The predicted octanol–water partition coefficient (Wildman–Crippen LogP) is 4.78. The second kappa shape index (κ2) is 13.6. The van der Waals surface area contributed by atoms with Crippen molar-refractivity contribution in [1.82, 2.24) is 10.9 Å². The first-order valence-corrected chi connectivity index (χ1v) is 12.6. The molecule has 3 N–H and O–H groups in total. The van der Waals surface area contributed by atoms with Crippen LogP contribution in [-0.4, -0.2) is 47.0 Å². The van der Waals surface area contributed by atoms with Gasteiger partial charge in [-0.2, -0.15) is 26.3 Å². The van der Waals surface area contributed by atoms with Gasteiger partial charge in [-0.1, -0.05) is 28.1 Å². The molecule has 3 aromatic rings. The summed E-state index contributed by atoms with van der Waals surface area (Å²) in [6.07, 6.45) is -15.3. The number of benzene rings is 3. The fourth-order valence-electron chi connectivity index (χ4n) is 3.37. The monoisotopic (exact) mass is 690 g/mol. The number of ether oxygens (including phenoxy) is 2. The molecule has 10 nitrogen and oxygen atoms in total. The van der Waals surface area contributed by atoms with Crippen LogP contribution in [0.3, 0.4) is 0 Å². The molecule has 0 unspecified atom stereocenters. The highest BCUT2D eigenvalue weighted by molar-refractivity contribution is 9.10. The highest BCUT2D eigenvalue weighted by atomic mass is 79.9. The Kier molecular flexibility index (Phi) is 10.4. The fraction of sp³-hybridized carbons (Fsp3) is 0.148. The molecule has 0 spiro atoms. The summed E-state index contributed by atoms with van der Waals surface area (Å²) >= 11 is 3.15. The van der Waals surface area contributed by atoms with Crippen LogP contribution in [0.5, 0.6) is 0 Å². The second-order valence-electron chi connectivity index (χ2n) is 8.60. The van der Waals surface area contributed by atoms with Crippen molar-refractivity contribution in [3.8, 4) is 0 Å². The van der Waals surface area contributed by atoms with Crippen molar-refractivity contribution < 1.29 is 64.9 Å². The van der Waals surface area contributed by atoms with E-state index in [1.165, 1.54) is 24.3 Å². The summed E-state index contributed by atoms with van der Waals surface area (Å²) in [4.78, 5) is 62.8. The van der Waals surface area contributed by atoms with Gasteiger partial charge in [-0.25, -0.2) is 14.4 Å². The van der Waals surface area contributed by atoms with Crippen LogP contribution in [0.25, 0.3) is 0 Å². The Balaban J connectivity index is 1.92. The molecule has 0 aliphatic heterocycles. The topological polar surface area (TPSA) is 148 Å². The molecule has 0 aliphatic carbocycles. The molecular formula is C27H17BrF6N2O8. The molecule has 0 aliphatic rings. The third-order valence-electron chi connectivity index (χ3n) is 5.50. The molecule has 0 radical (unpaired) electrons. The Hall–Kier alpha value is -4.93. The Bertz CT molecular complexity index is 1580. The molecular weight excluding hydrogens is 674 g/mol. The van der Waals surface area contributed by atoms with Crippen molar-refractivity contribution in [2.24, 2.45) is 0 Å². The lowest BCUT2D eigenvalue weighted by atomic mass is 10.1. The summed E-state index contributed by atoms with van der Waals surface area (Å²) in [5.74, 6) is -8.13. The highest BCUT2D eigenvalue weighted by Crippen LogP contribution is 2.31. The molecule has 17 heteroatoms. The number of carboxylic acid groups (broad SMARTS) is 1. The van der Waals surface area contributed by atoms with E-state index in [0.717, 1.165) is 24.3 Å². The van der Waals surface area contributed by atoms with E-state index < -0.39 is 76.5 Å². The summed E-state index contributed by atoms with van der Waals surface area (Å²) < 4.78 is 88.8. The van der Waals surface area contributed by atoms with Crippen molar-refractivity contribution in [2.75, 3.05) is 0 Å². The molecule has 0 bridgehead atoms. The number of rotatable bonds is 8. The third kappa shape index (κ3) is 8.79. The number of carbonyl (C=O) groups is 5. The van der Waals surface area contributed by atoms with Gasteiger partial charge in [0.25, 0.3) is 11.8 Å². The lowest BCUT2D eigenvalue weighted by Gasteiger charge is -2.24. The normalized spacial score (nSPS) is 12.8. The van der Waals surface area contributed by atoms with E-state index in [2.05, 4.69) is 15.9 Å². The fourth-order valence-corrected chi connectivity index (χ4v) is 3.63. The van der Waals surface area contributed by atoms with Gasteiger partial charge < -0.3 is 14.6 Å². The molecule has 0 aromatic heterocycles. The number of alkyl halides is 6. The number of amides is 2. The largest absolute Gasteiger partial charge is 0.478 e. The zero-order chi connectivity index (χ0) is 32.8. The van der Waals surface area contributed by atoms with E-state index in [4.69, 9.17) is 9.47 Å². The Morgan fingerprint density at radius 1 is 0.659 bits per heavy atom. The number of hydrogen-bond acceptors (Lipinski definition) is 7. The number of esters is 2. The van der Waals surface area contributed by atoms with Gasteiger partial charge in [0, 0.05) is 10.0 Å². The number of hydrazine groups is 1. The van der Waals surface area contributed by atoms with E-state index >= 15 is 0 Å². The van der Waals surface area contributed by atoms with Crippen LogP contribution in [0.4, 0.5) is 26.3 Å². The Morgan fingerprint density at radius 3 is 1.55 bits per heavy atom. The van der Waals surface area contributed by atoms with E-state index in [1.807, 2.05) is 5.43 Å². The van der Waals surface area contributed by atoms with Crippen molar-refractivity contribution in [3.63, 3.8) is 0 Å². The molecule has 44 heavy (non-hydrogen) atoms. The van der Waals surface area contributed by atoms with Crippen LogP contribution in [0.2, 0.25) is 0 Å². The molecule has 0 saturated heterocycles. The average molecular weight is 691 g/mol. The Morgan fingerprint density at radius 2 is 1.11 bits per heavy atom. The number of carboxylic acids is 1. The first kappa shape index (κ1) is 33.6. The number of halogens is 7. The van der Waals surface area contributed by atoms with Gasteiger partial charge in [0.15, 0.2) is 0 Å². The maximum absolute atomic E-state index is 13.1. The Labute approximate surface area is 251 Å². The van der Waals surface area contributed by atoms with Crippen LogP contribution >= 0.6 is 15.9 Å². The summed E-state index contributed by atoms with van der Waals surface area (Å²) in [5, 5.41) is 9.72. The zero-order valence-electron chi connectivity index (χ0n) is 21.5. The summed E-state index contributed by atoms with van der Waals surface area (Å²) in [6.45, 7) is 0. The summed E-state index contributed by atoms with van der Waals surface area (Å²) in [5.41, 5.74) is -0.590. The number of nitrogens with one attached hydrogen (secondary N) is 2. The van der Waals surface area contributed by atoms with Crippen molar-refractivity contribution in [1.29, 1.82) is 0 Å². The minimum Gasteiger partial charge on any atom is -0.478 e. The molecule has 0 heterocycles. The molecule has 232 valence electrons. The smallest absolute Gasteiger partial charge is 0.416 e. The third-order valence-corrected chi connectivity index (χ3v) is 6.03. The van der Waals surface area contributed by atoms with Gasteiger partial charge in [-0.15, -0.1) is 0 Å². The molecule has 0 saturated carbocycles. The lowest BCUT2D eigenvalue weighted by Crippen LogP contribution is -2.54. The molecule has 3 rings (SSSR count). The number of aliphatic carboxylic acids is 1. The molecule has 0 fully saturated rings. The van der Waals surface area contributed by atoms with Gasteiger partial charge in [0.05, 0.1) is 22.3 Å². The van der Waals surface area contributed by atoms with Gasteiger partial charge in [0.1, 0.15) is 0 Å². The van der Waals surface area contributed by atoms with Crippen LogP contribution < -0.4 is 10.9 Å². The maximum Gasteiger partial charge on any atom is 0.416 e. The van der Waals surface area contributed by atoms with E-state index in [1.54, 1.807) is 5.43 Å². The zero-order valence-corrected chi connectivity index (χ0v) is 23.1. The van der Waals surface area contributed by atoms with Crippen molar-refractivity contribution >= 4 is 45.7 Å². The SMILES string of the molecule is O=C(NNC(=O)[C@@H](OC(=O)c1cccc(C(F)(F)F)c1)[C@H](OC(=O)c1cccc(C(F)(F)F)c1)C(=O)O)c1ccc(Br)cc1. The van der Waals surface area contributed by atoms with Crippen LogP contribution in [0.1, 0.15) is 42.2 Å². The van der Waals surface area contributed by atoms with Crippen LogP contribution in [-0.2, 0) is 31.4 Å². The summed E-state index contributed by atoms with van der Waals surface area (Å²) in [6, 6.07) is 10.7. The minimum atomic E-state index is -4.91. The molecule has 2 atom stereocenters. The highest BCUT2D eigenvalue weighted by Gasteiger charge is 2.42. The van der Waals surface area contributed by atoms with Gasteiger partial charge in [0.2, 0.25) is 12.2 Å². The van der Waals surface area contributed by atoms with Gasteiger partial charge in [-0.3, -0.25) is 20.4 Å². The standard InChI is InChI=1S/C27H17BrF6N2O8/c28-18-9-7-13(8-10-18)21(37)35-36-22(38)19(43-24(41)14-3-1-5-16(11-14)26(29,30)31)20(23(39)40)44-25(42)15-4-2-6-17(12-15)27(32,33)34/h1-12,19-20H,(H,35,37)(H,36,38)(H,39,40)/t19-,20-/m0/s1. The number of carbonyl (C=O) groups excluding carboxylic acids is 4. The second-order valence-corrected chi connectivity index (χ2v) is 9.51. The van der Waals surface area contributed by atoms with Gasteiger partial charge >= 0.3 is 30.3 Å². The first-order valence-electron chi connectivity index (χ1n) is 11.8. The molecule has 2 amide bonds. The molecule has 3 aromatic carbocycles. The van der Waals surface area contributed by atoms with Crippen molar-refractivity contribution in [2.45, 2.75) is 24.6 Å². The van der Waals surface area contributed by atoms with Gasteiger partial charge in [-0.05, 0) is 60.7 Å². The summed E-state index contributed by atoms with van der Waals surface area (Å²) in [7, 11) is 0. The quantitative estimate of drug-likeness (QED) is 0.174. The van der Waals surface area contributed by atoms with E-state index in [0.29, 0.717) is 28.7 Å². The lowest BCUT2D eigenvalue weighted by molar-refractivity contribution is -0.159. The average Bonchev–Trinajstić information content (AvgIpc) is 2.96. The predicted molar refractivity (Wildman–Crippen MR) is 139 cm³/mol. The van der Waals surface area contributed by atoms with Crippen LogP contribution in [0, 0.1) is 0 Å². The minimum absolute atomic E-state index is 0.0169. The maximum atomic E-state index is 13.1. The van der Waals surface area contributed by atoms with E-state index in [-0.39, 0.29) is 5.56 Å². The van der Waals surface area contributed by atoms with Crippen LogP contribution in [0.15, 0.2) is 77.3 Å². The van der Waals surface area contributed by atoms with E-state index in [9.17, 15) is 55.4 Å².